The third-order valence-electron chi connectivity index (χ3n) is 7.56. The van der Waals surface area contributed by atoms with Gasteiger partial charge in [-0.25, -0.2) is 0 Å². The number of hydrogen-bond donors (Lipinski definition) is 0. The minimum atomic E-state index is -1.42. The van der Waals surface area contributed by atoms with Crippen molar-refractivity contribution in [3.8, 4) is 11.1 Å². The van der Waals surface area contributed by atoms with Crippen LogP contribution < -0.4 is 0 Å². The van der Waals surface area contributed by atoms with Gasteiger partial charge < -0.3 is 0 Å². The van der Waals surface area contributed by atoms with Crippen LogP contribution in [0.1, 0.15) is 69.5 Å². The fourth-order valence-electron chi connectivity index (χ4n) is 5.14. The van der Waals surface area contributed by atoms with Gasteiger partial charge in [0.2, 0.25) is 0 Å². The van der Waals surface area contributed by atoms with Gasteiger partial charge in [-0.05, 0) is 0 Å². The van der Waals surface area contributed by atoms with Crippen LogP contribution >= 0.6 is 41.0 Å². The monoisotopic (exact) mass is 1430 g/mol. The van der Waals surface area contributed by atoms with Crippen LogP contribution in [0.15, 0.2) is 0 Å². The van der Waals surface area contributed by atoms with E-state index in [1.54, 1.807) is 33.4 Å². The molecule has 0 aliphatic carbocycles. The molecule has 15 heteroatoms. The van der Waals surface area contributed by atoms with Crippen molar-refractivity contribution in [2.45, 2.75) is 80.6 Å². The van der Waals surface area contributed by atoms with Gasteiger partial charge >= 0.3 is 215 Å². The molecule has 0 spiro atoms. The molecule has 0 aliphatic rings. The summed E-state index contributed by atoms with van der Waals surface area (Å²) in [6, 6.07) is 0. The first-order chi connectivity index (χ1) is 15.5. The first-order valence-corrected chi connectivity index (χ1v) is 22.2. The second kappa shape index (κ2) is 39.1. The molecule has 2 aromatic carbocycles. The molecule has 0 fully saturated rings. The van der Waals surface area contributed by atoms with E-state index in [4.69, 9.17) is 0 Å². The zero-order valence-corrected chi connectivity index (χ0v) is 62.1. The van der Waals surface area contributed by atoms with Gasteiger partial charge in [0.1, 0.15) is 0 Å². The zero-order chi connectivity index (χ0) is 25.1. The van der Waals surface area contributed by atoms with Crippen molar-refractivity contribution in [3.05, 3.63) is 68.5 Å². The van der Waals surface area contributed by atoms with Crippen molar-refractivity contribution in [2.24, 2.45) is 0 Å². The van der Waals surface area contributed by atoms with E-state index in [9.17, 15) is 0 Å². The van der Waals surface area contributed by atoms with Gasteiger partial charge in [-0.1, -0.05) is 0 Å². The van der Waals surface area contributed by atoms with Crippen molar-refractivity contribution < 1.29 is 327 Å². The molecule has 0 nitrogen and oxygen atoms in total. The number of benzene rings is 2. The topological polar surface area (TPSA) is 0 Å². The minimum Gasteiger partial charge on any atom is 0 e. The summed E-state index contributed by atoms with van der Waals surface area (Å²) in [4.78, 5) is 0. The Labute approximate surface area is 527 Å². The van der Waals surface area contributed by atoms with E-state index in [-0.39, 0.29) is 327 Å². The van der Waals surface area contributed by atoms with E-state index >= 15 is 0 Å². The largest absolute Gasteiger partial charge is 0 e. The van der Waals surface area contributed by atoms with Crippen LogP contribution in [0.5, 0.6) is 0 Å². The molecule has 43 heavy (non-hydrogen) atoms. The third kappa shape index (κ3) is 22.0. The van der Waals surface area contributed by atoms with Crippen molar-refractivity contribution >= 4 is 41.0 Å². The van der Waals surface area contributed by atoms with Gasteiger partial charge in [-0.3, -0.25) is 0 Å². The van der Waals surface area contributed by atoms with E-state index < -0.39 is 6.64 Å². The van der Waals surface area contributed by atoms with Gasteiger partial charge in [0.05, 0.1) is 0 Å². The molecule has 0 amide bonds. The van der Waals surface area contributed by atoms with E-state index in [1.165, 1.54) is 45.7 Å². The Morgan fingerprint density at radius 3 is 1.16 bits per heavy atom. The molecule has 0 saturated heterocycles. The van der Waals surface area contributed by atoms with E-state index in [0.29, 0.717) is 0 Å². The molecule has 216 valence electrons. The van der Waals surface area contributed by atoms with Crippen LogP contribution in [-0.4, -0.2) is 13.3 Å². The second-order valence-electron chi connectivity index (χ2n) is 9.91. The van der Waals surface area contributed by atoms with Crippen molar-refractivity contribution in [2.75, 3.05) is 13.3 Å². The molecule has 2 rings (SSSR count). The van der Waals surface area contributed by atoms with Crippen LogP contribution in [0.3, 0.4) is 0 Å². The Balaban J connectivity index is -0.000000165. The maximum absolute atomic E-state index is 3.31. The number of hydrogen-bond acceptors (Lipinski definition) is 0. The molecule has 0 aromatic heterocycles. The van der Waals surface area contributed by atoms with Crippen LogP contribution in [0.2, 0.25) is 0 Å². The summed E-state index contributed by atoms with van der Waals surface area (Å²) in [7, 11) is 8.25. The Morgan fingerprint density at radius 1 is 0.558 bits per heavy atom. The van der Waals surface area contributed by atoms with Crippen molar-refractivity contribution in [1.82, 2.24) is 0 Å². The maximum Gasteiger partial charge on any atom is 0 e. The van der Waals surface area contributed by atoms with E-state index in [0.717, 1.165) is 29.4 Å². The Morgan fingerprint density at radius 2 is 0.860 bits per heavy atom. The van der Waals surface area contributed by atoms with Crippen LogP contribution in [0, 0.1) is 54.4 Å². The first-order valence-electron chi connectivity index (χ1n) is 12.2. The molecule has 2 aromatic rings. The van der Waals surface area contributed by atoms with Gasteiger partial charge in [0, 0.05) is 327 Å². The number of rotatable bonds is 10. The fraction of sp³-hybridized carbons (Fsp3) is 0.500. The predicted molar refractivity (Wildman–Crippen MR) is 171 cm³/mol. The normalized spacial score (nSPS) is 10.1. The molecular formula is C28H47P5Y10-2. The molecule has 4 atom stereocenters. The third-order valence-corrected chi connectivity index (χ3v) is 23.6. The molecule has 0 aliphatic heterocycles. The Kier molecular flexibility index (Phi) is 68.6. The predicted octanol–water partition coefficient (Wildman–Crippen LogP) is 9.57. The zero-order valence-electron chi connectivity index (χ0n) is 28.4. The summed E-state index contributed by atoms with van der Waals surface area (Å²) in [6.07, 6.45) is 9.22. The summed E-state index contributed by atoms with van der Waals surface area (Å²) in [5.74, 6) is 0. The summed E-state index contributed by atoms with van der Waals surface area (Å²) >= 11 is 0. The Bertz CT molecular complexity index is 1010. The standard InChI is InChI=1S/C28H47P5.10Y/c1-11-13-23-19(5)17(3)21(7)25(15-31-9)27(23)28-24(14-12-2)20(6)18(4)22(8)26(28)16-33(10,30)32-29;;;;;;;;;;/h11-12,31-33H,13-16,29-30H2,1-10H3;;;;;;;;;;/q-2;;;;;;;;;;. The maximum atomic E-state index is 3.31. The second-order valence-corrected chi connectivity index (χ2v) is 26.9. The molecule has 0 saturated carbocycles. The SMILES string of the molecule is C[CH-]Cc1c(C)c(C)c(C)c(CPC)c1-c1c(C[CH-]C)c(C)c(C)c(C)c1C[PH](C)(P)PP.[Y].[Y].[Y].[Y].[Y].[Y].[Y].[Y].[Y].[Y]. The molecule has 0 heterocycles. The van der Waals surface area contributed by atoms with Crippen LogP contribution in [0.4, 0.5) is 0 Å². The van der Waals surface area contributed by atoms with E-state index in [2.05, 4.69) is 99.4 Å². The summed E-state index contributed by atoms with van der Waals surface area (Å²) in [5.41, 5.74) is 18.6. The van der Waals surface area contributed by atoms with Gasteiger partial charge in [-0.2, -0.15) is 0 Å². The van der Waals surface area contributed by atoms with Crippen LogP contribution in [0.25, 0.3) is 11.1 Å². The summed E-state index contributed by atoms with van der Waals surface area (Å²) in [6.45, 7) is 22.1. The molecule has 4 unspecified atom stereocenters. The first kappa shape index (κ1) is 75.5. The fourth-order valence-corrected chi connectivity index (χ4v) is 9.58. The molecule has 0 bridgehead atoms. The van der Waals surface area contributed by atoms with Crippen LogP contribution in [-0.2, 0) is 352 Å². The van der Waals surface area contributed by atoms with Gasteiger partial charge in [0.15, 0.2) is 0 Å². The van der Waals surface area contributed by atoms with Crippen molar-refractivity contribution in [1.29, 1.82) is 0 Å². The van der Waals surface area contributed by atoms with Gasteiger partial charge in [-0.15, -0.1) is 0 Å². The molecule has 0 N–H and O–H groups in total. The molecule has 10 radical (unpaired) electrons. The quantitative estimate of drug-likeness (QED) is 0.165. The van der Waals surface area contributed by atoms with E-state index in [1.807, 2.05) is 0 Å². The summed E-state index contributed by atoms with van der Waals surface area (Å²) < 4.78 is 0. The van der Waals surface area contributed by atoms with Gasteiger partial charge in [0.25, 0.3) is 0 Å². The Hall–Kier alpha value is 11.6. The average molecular weight is 1430 g/mol. The van der Waals surface area contributed by atoms with Crippen molar-refractivity contribution in [3.63, 3.8) is 0 Å². The average Bonchev–Trinajstić information content (AvgIpc) is 2.78. The molecular weight excluding hydrogens is 1380 g/mol. The minimum absolute atomic E-state index is 0. The smallest absolute Gasteiger partial charge is 0 e. The summed E-state index contributed by atoms with van der Waals surface area (Å²) in [5, 5.41) is 0.